The zero-order valence-electron chi connectivity index (χ0n) is 33.2. The molecule has 7 aliphatic rings. The number of rotatable bonds is 7. The van der Waals surface area contributed by atoms with Gasteiger partial charge in [0, 0.05) is 11.3 Å². The minimum Gasteiger partial charge on any atom is -0.481 e. The summed E-state index contributed by atoms with van der Waals surface area (Å²) in [5.74, 6) is -1.07. The fourth-order valence-corrected chi connectivity index (χ4v) is 13.6. The molecule has 0 amide bonds. The Morgan fingerprint density at radius 3 is 2.20 bits per heavy atom. The number of carbonyl (C=O) groups is 1. The van der Waals surface area contributed by atoms with Gasteiger partial charge in [0.2, 0.25) is 0 Å². The monoisotopic (exact) mass is 782 g/mol. The number of aliphatic hydroxyl groups is 8. The number of aliphatic carboxylic acids is 1. The molecule has 20 unspecified atom stereocenters. The minimum absolute atomic E-state index is 0.0207. The highest BCUT2D eigenvalue weighted by molar-refractivity contribution is 5.77. The van der Waals surface area contributed by atoms with Gasteiger partial charge in [-0.05, 0) is 98.7 Å². The Hall–Kier alpha value is -1.27. The van der Waals surface area contributed by atoms with Crippen LogP contribution in [0.25, 0.3) is 0 Å². The van der Waals surface area contributed by atoms with Crippen molar-refractivity contribution in [3.05, 3.63) is 11.6 Å². The van der Waals surface area contributed by atoms with Crippen LogP contribution in [0.5, 0.6) is 0 Å². The molecule has 4 saturated carbocycles. The first-order valence-electron chi connectivity index (χ1n) is 20.5. The van der Waals surface area contributed by atoms with Gasteiger partial charge in [-0.1, -0.05) is 46.3 Å². The number of carboxylic acids is 1. The molecule has 6 fully saturated rings. The molecule has 314 valence electrons. The molecule has 2 heterocycles. The number of aliphatic hydroxyl groups excluding tert-OH is 7. The van der Waals surface area contributed by atoms with Gasteiger partial charge >= 0.3 is 5.97 Å². The summed E-state index contributed by atoms with van der Waals surface area (Å²) < 4.78 is 23.6. The molecule has 0 radical (unpaired) electrons. The van der Waals surface area contributed by atoms with Crippen LogP contribution in [0.15, 0.2) is 11.6 Å². The largest absolute Gasteiger partial charge is 0.481 e. The summed E-state index contributed by atoms with van der Waals surface area (Å²) in [4.78, 5) is 13.1. The highest BCUT2D eigenvalue weighted by Gasteiger charge is 2.72. The van der Waals surface area contributed by atoms with E-state index in [1.807, 2.05) is 20.8 Å². The van der Waals surface area contributed by atoms with Crippen LogP contribution in [0, 0.1) is 50.7 Å². The lowest BCUT2D eigenvalue weighted by Crippen LogP contribution is -2.68. The zero-order chi connectivity index (χ0) is 40.3. The van der Waals surface area contributed by atoms with Gasteiger partial charge in [-0.2, -0.15) is 0 Å². The second-order valence-electron chi connectivity index (χ2n) is 19.7. The van der Waals surface area contributed by atoms with Crippen LogP contribution in [-0.4, -0.2) is 139 Å². The molecular weight excluding hydrogens is 716 g/mol. The summed E-state index contributed by atoms with van der Waals surface area (Å²) in [5, 5.41) is 97.0. The van der Waals surface area contributed by atoms with Crippen molar-refractivity contribution in [3.63, 3.8) is 0 Å². The number of ether oxygens (including phenoxy) is 4. The number of fused-ring (bicyclic) bond motifs is 7. The molecule has 5 aliphatic carbocycles. The van der Waals surface area contributed by atoms with Crippen LogP contribution in [0.3, 0.4) is 0 Å². The molecule has 55 heavy (non-hydrogen) atoms. The van der Waals surface area contributed by atoms with E-state index in [2.05, 4.69) is 26.8 Å². The maximum atomic E-state index is 13.1. The Labute approximate surface area is 323 Å². The standard InChI is InChI=1S/C41H66O14/c1-20-9-14-41(35(49)50)16-15-38(4)21(32(41)40(20,6)51)7-8-25-36(2)12-11-26(37(3,19-43)24(36)10-13-39(25,38)5)54-33-30(48)31(22(44)18-52-33)55-34-29(47)28(46)27(45)23(17-42)53-34/h7,20,22-34,42-48,51H,8-19H2,1-6H3,(H,49,50). The molecule has 0 aromatic heterocycles. The number of carboxylic acid groups (broad SMARTS) is 1. The second-order valence-corrected chi connectivity index (χ2v) is 19.7. The van der Waals surface area contributed by atoms with E-state index in [1.165, 1.54) is 0 Å². The first kappa shape index (κ1) is 41.9. The Bertz CT molecular complexity index is 1490. The van der Waals surface area contributed by atoms with E-state index in [4.69, 9.17) is 18.9 Å². The Morgan fingerprint density at radius 2 is 1.55 bits per heavy atom. The summed E-state index contributed by atoms with van der Waals surface area (Å²) in [6.07, 6.45) is -5.46. The molecule has 14 nitrogen and oxygen atoms in total. The van der Waals surface area contributed by atoms with Gasteiger partial charge in [0.05, 0.1) is 36.9 Å². The van der Waals surface area contributed by atoms with Gasteiger partial charge in [-0.25, -0.2) is 0 Å². The van der Waals surface area contributed by atoms with Gasteiger partial charge < -0.3 is 64.9 Å². The second kappa shape index (κ2) is 14.2. The predicted molar refractivity (Wildman–Crippen MR) is 195 cm³/mol. The number of hydrogen-bond acceptors (Lipinski definition) is 13. The highest BCUT2D eigenvalue weighted by atomic mass is 16.7. The normalized spacial score (nSPS) is 56.7. The third kappa shape index (κ3) is 5.89. The topological polar surface area (TPSA) is 236 Å². The van der Waals surface area contributed by atoms with Gasteiger partial charge in [0.1, 0.15) is 42.7 Å². The Morgan fingerprint density at radius 1 is 0.836 bits per heavy atom. The van der Waals surface area contributed by atoms with Crippen molar-refractivity contribution < 1.29 is 69.7 Å². The molecule has 20 atom stereocenters. The molecule has 2 saturated heterocycles. The SMILES string of the molecule is CC1CCC2(C(=O)O)CCC3(C)C(=CCC4C5(C)CCC(OC6OCC(O)C(OC7OC(CO)C(O)C(O)C7O)C6O)C(C)(CO)C5CCC43C)C2C1(C)O. The number of hydrogen-bond donors (Lipinski definition) is 9. The summed E-state index contributed by atoms with van der Waals surface area (Å²) in [5.41, 5.74) is -2.52. The van der Waals surface area contributed by atoms with Gasteiger partial charge in [-0.3, -0.25) is 4.79 Å². The van der Waals surface area contributed by atoms with E-state index in [1.54, 1.807) is 0 Å². The van der Waals surface area contributed by atoms with Crippen LogP contribution < -0.4 is 0 Å². The van der Waals surface area contributed by atoms with Crippen molar-refractivity contribution >= 4 is 5.97 Å². The number of allylic oxidation sites excluding steroid dienone is 1. The van der Waals surface area contributed by atoms with Crippen LogP contribution >= 0.6 is 0 Å². The van der Waals surface area contributed by atoms with Crippen LogP contribution in [-0.2, 0) is 23.7 Å². The first-order valence-corrected chi connectivity index (χ1v) is 20.5. The van der Waals surface area contributed by atoms with Crippen LogP contribution in [0.4, 0.5) is 0 Å². The lowest BCUT2D eigenvalue weighted by atomic mass is 9.33. The summed E-state index contributed by atoms with van der Waals surface area (Å²) >= 11 is 0. The van der Waals surface area contributed by atoms with Crippen molar-refractivity contribution in [2.45, 2.75) is 166 Å². The quantitative estimate of drug-likeness (QED) is 0.132. The predicted octanol–water partition coefficient (Wildman–Crippen LogP) is 1.46. The van der Waals surface area contributed by atoms with E-state index in [0.717, 1.165) is 37.7 Å². The van der Waals surface area contributed by atoms with E-state index in [-0.39, 0.29) is 47.2 Å². The summed E-state index contributed by atoms with van der Waals surface area (Å²) in [6.45, 7) is 11.8. The van der Waals surface area contributed by atoms with E-state index < -0.39 is 96.3 Å². The molecule has 0 aromatic rings. The zero-order valence-corrected chi connectivity index (χ0v) is 33.2. The minimum atomic E-state index is -1.73. The third-order valence-electron chi connectivity index (χ3n) is 17.4. The van der Waals surface area contributed by atoms with Gasteiger partial charge in [-0.15, -0.1) is 0 Å². The highest BCUT2D eigenvalue weighted by Crippen LogP contribution is 2.76. The maximum absolute atomic E-state index is 13.1. The average molecular weight is 783 g/mol. The molecule has 0 bridgehead atoms. The van der Waals surface area contributed by atoms with Crippen molar-refractivity contribution in [3.8, 4) is 0 Å². The molecule has 7 rings (SSSR count). The first-order chi connectivity index (χ1) is 25.7. The smallest absolute Gasteiger partial charge is 0.310 e. The van der Waals surface area contributed by atoms with E-state index >= 15 is 0 Å². The van der Waals surface area contributed by atoms with Crippen molar-refractivity contribution in [2.75, 3.05) is 19.8 Å². The van der Waals surface area contributed by atoms with Gasteiger partial charge in [0.25, 0.3) is 0 Å². The Kier molecular flexibility index (Phi) is 10.8. The molecule has 0 aromatic carbocycles. The van der Waals surface area contributed by atoms with Crippen LogP contribution in [0.1, 0.15) is 99.3 Å². The fourth-order valence-electron chi connectivity index (χ4n) is 13.6. The molecule has 9 N–H and O–H groups in total. The lowest BCUT2D eigenvalue weighted by molar-refractivity contribution is -0.358. The van der Waals surface area contributed by atoms with Crippen molar-refractivity contribution in [1.82, 2.24) is 0 Å². The molecule has 0 spiro atoms. The molecular formula is C41H66O14. The van der Waals surface area contributed by atoms with E-state index in [9.17, 15) is 50.8 Å². The lowest BCUT2D eigenvalue weighted by Gasteiger charge is -2.72. The summed E-state index contributed by atoms with van der Waals surface area (Å²) in [6, 6.07) is 0. The fraction of sp³-hybridized carbons (Fsp3) is 0.927. The van der Waals surface area contributed by atoms with Crippen molar-refractivity contribution in [1.29, 1.82) is 0 Å². The van der Waals surface area contributed by atoms with Gasteiger partial charge in [0.15, 0.2) is 12.6 Å². The summed E-state index contributed by atoms with van der Waals surface area (Å²) in [7, 11) is 0. The van der Waals surface area contributed by atoms with Crippen LogP contribution in [0.2, 0.25) is 0 Å². The Balaban J connectivity index is 1.13. The third-order valence-corrected chi connectivity index (χ3v) is 17.4. The molecule has 2 aliphatic heterocycles. The van der Waals surface area contributed by atoms with E-state index in [0.29, 0.717) is 25.7 Å². The van der Waals surface area contributed by atoms with Crippen molar-refractivity contribution in [2.24, 2.45) is 50.7 Å². The maximum Gasteiger partial charge on any atom is 0.310 e. The molecule has 14 heteroatoms. The average Bonchev–Trinajstić information content (AvgIpc) is 3.13.